The van der Waals surface area contributed by atoms with Crippen LogP contribution in [0.25, 0.3) is 0 Å². The van der Waals surface area contributed by atoms with E-state index in [2.05, 4.69) is 0 Å². The maximum absolute atomic E-state index is 11.7. The number of para-hydroxylation sites is 1. The first-order chi connectivity index (χ1) is 9.74. The molecule has 0 spiro atoms. The Kier molecular flexibility index (Phi) is 8.36. The lowest BCUT2D eigenvalue weighted by atomic mass is 10.1. The second kappa shape index (κ2) is 10.2. The maximum atomic E-state index is 11.7. The largest absolute Gasteiger partial charge is 0.426 e. The fourth-order valence-corrected chi connectivity index (χ4v) is 2.05. The summed E-state index contributed by atoms with van der Waals surface area (Å²) in [5, 5.41) is 0. The molecule has 0 radical (unpaired) electrons. The van der Waals surface area contributed by atoms with Crippen LogP contribution in [0.3, 0.4) is 0 Å². The van der Waals surface area contributed by atoms with Crippen molar-refractivity contribution in [1.82, 2.24) is 0 Å². The van der Waals surface area contributed by atoms with E-state index in [1.54, 1.807) is 0 Å². The van der Waals surface area contributed by atoms with Crippen molar-refractivity contribution in [1.29, 1.82) is 0 Å². The monoisotopic (exact) mass is 276 g/mol. The SMILES string of the molecule is Cc1ccccc1OC(=O)CCCCCCCCC=O. The van der Waals surface area contributed by atoms with Gasteiger partial charge < -0.3 is 9.53 Å². The van der Waals surface area contributed by atoms with Crippen molar-refractivity contribution in [2.75, 3.05) is 0 Å². The number of aldehydes is 1. The highest BCUT2D eigenvalue weighted by Crippen LogP contribution is 2.17. The minimum absolute atomic E-state index is 0.153. The highest BCUT2D eigenvalue weighted by Gasteiger charge is 2.06. The van der Waals surface area contributed by atoms with Crippen LogP contribution in [0, 0.1) is 6.92 Å². The van der Waals surface area contributed by atoms with Gasteiger partial charge in [0.05, 0.1) is 0 Å². The summed E-state index contributed by atoms with van der Waals surface area (Å²) in [5.41, 5.74) is 0.982. The third kappa shape index (κ3) is 7.07. The van der Waals surface area contributed by atoms with Crippen LogP contribution in [-0.4, -0.2) is 12.3 Å². The summed E-state index contributed by atoms with van der Waals surface area (Å²) >= 11 is 0. The molecule has 0 N–H and O–H groups in total. The second-order valence-corrected chi connectivity index (χ2v) is 5.07. The molecule has 1 aromatic rings. The highest BCUT2D eigenvalue weighted by atomic mass is 16.5. The summed E-state index contributed by atoms with van der Waals surface area (Å²) in [4.78, 5) is 21.8. The van der Waals surface area contributed by atoms with Gasteiger partial charge in [0.1, 0.15) is 12.0 Å². The van der Waals surface area contributed by atoms with Crippen LogP contribution < -0.4 is 4.74 Å². The molecule has 0 saturated carbocycles. The van der Waals surface area contributed by atoms with E-state index in [0.29, 0.717) is 18.6 Å². The molecule has 20 heavy (non-hydrogen) atoms. The summed E-state index contributed by atoms with van der Waals surface area (Å²) in [6.07, 6.45) is 8.39. The second-order valence-electron chi connectivity index (χ2n) is 5.07. The smallest absolute Gasteiger partial charge is 0.311 e. The van der Waals surface area contributed by atoms with Gasteiger partial charge in [-0.25, -0.2) is 0 Å². The van der Waals surface area contributed by atoms with E-state index >= 15 is 0 Å². The van der Waals surface area contributed by atoms with Gasteiger partial charge in [-0.05, 0) is 31.4 Å². The Hall–Kier alpha value is -1.64. The Morgan fingerprint density at radius 2 is 1.70 bits per heavy atom. The Balaban J connectivity index is 2.06. The van der Waals surface area contributed by atoms with Gasteiger partial charge in [0.25, 0.3) is 0 Å². The molecule has 0 aliphatic rings. The molecular weight excluding hydrogens is 252 g/mol. The molecule has 0 heterocycles. The van der Waals surface area contributed by atoms with Crippen LogP contribution in [0.1, 0.15) is 56.9 Å². The third-order valence-electron chi connectivity index (χ3n) is 3.27. The maximum Gasteiger partial charge on any atom is 0.311 e. The average Bonchev–Trinajstić information content (AvgIpc) is 2.44. The average molecular weight is 276 g/mol. The summed E-state index contributed by atoms with van der Waals surface area (Å²) in [6, 6.07) is 7.55. The number of aryl methyl sites for hydroxylation is 1. The molecule has 3 heteroatoms. The first-order valence-electron chi connectivity index (χ1n) is 7.44. The predicted molar refractivity (Wildman–Crippen MR) is 79.8 cm³/mol. The normalized spacial score (nSPS) is 10.2. The van der Waals surface area contributed by atoms with Gasteiger partial charge in [-0.3, -0.25) is 4.79 Å². The molecule has 0 aliphatic carbocycles. The van der Waals surface area contributed by atoms with Gasteiger partial charge in [0, 0.05) is 12.8 Å². The molecule has 0 unspecified atom stereocenters. The molecule has 0 aromatic heterocycles. The quantitative estimate of drug-likeness (QED) is 0.278. The number of esters is 1. The fourth-order valence-electron chi connectivity index (χ4n) is 2.05. The van der Waals surface area contributed by atoms with Crippen molar-refractivity contribution in [2.45, 2.75) is 58.3 Å². The standard InChI is InChI=1S/C17H24O3/c1-15-11-8-9-12-16(15)20-17(19)13-7-5-3-2-4-6-10-14-18/h8-9,11-12,14H,2-7,10,13H2,1H3. The molecule has 0 aliphatic heterocycles. The van der Waals surface area contributed by atoms with Gasteiger partial charge in [-0.1, -0.05) is 43.9 Å². The van der Waals surface area contributed by atoms with Crippen molar-refractivity contribution >= 4 is 12.3 Å². The zero-order chi connectivity index (χ0) is 14.6. The van der Waals surface area contributed by atoms with Crippen molar-refractivity contribution in [3.63, 3.8) is 0 Å². The van der Waals surface area contributed by atoms with Crippen molar-refractivity contribution in [3.8, 4) is 5.75 Å². The molecule has 0 saturated heterocycles. The van der Waals surface area contributed by atoms with E-state index in [9.17, 15) is 9.59 Å². The Labute approximate surface area is 121 Å². The zero-order valence-corrected chi connectivity index (χ0v) is 12.3. The highest BCUT2D eigenvalue weighted by molar-refractivity contribution is 5.72. The molecule has 0 atom stereocenters. The van der Waals surface area contributed by atoms with Crippen LogP contribution >= 0.6 is 0 Å². The molecule has 0 bridgehead atoms. The Morgan fingerprint density at radius 3 is 2.40 bits per heavy atom. The first-order valence-corrected chi connectivity index (χ1v) is 7.44. The van der Waals surface area contributed by atoms with E-state index in [-0.39, 0.29) is 5.97 Å². The number of carbonyl (C=O) groups excluding carboxylic acids is 2. The number of hydrogen-bond acceptors (Lipinski definition) is 3. The minimum Gasteiger partial charge on any atom is -0.426 e. The van der Waals surface area contributed by atoms with Gasteiger partial charge >= 0.3 is 5.97 Å². The fraction of sp³-hybridized carbons (Fsp3) is 0.529. The number of rotatable bonds is 10. The molecule has 1 aromatic carbocycles. The summed E-state index contributed by atoms with van der Waals surface area (Å²) in [5.74, 6) is 0.506. The molecule has 1 rings (SSSR count). The van der Waals surface area contributed by atoms with Crippen LogP contribution in [0.4, 0.5) is 0 Å². The summed E-state index contributed by atoms with van der Waals surface area (Å²) < 4.78 is 5.33. The van der Waals surface area contributed by atoms with Crippen molar-refractivity contribution in [2.24, 2.45) is 0 Å². The van der Waals surface area contributed by atoms with Crippen LogP contribution in [0.5, 0.6) is 5.75 Å². The summed E-state index contributed by atoms with van der Waals surface area (Å²) in [7, 11) is 0. The van der Waals surface area contributed by atoms with Crippen LogP contribution in [0.15, 0.2) is 24.3 Å². The van der Waals surface area contributed by atoms with E-state index in [1.807, 2.05) is 31.2 Å². The van der Waals surface area contributed by atoms with Crippen molar-refractivity contribution in [3.05, 3.63) is 29.8 Å². The van der Waals surface area contributed by atoms with Gasteiger partial charge in [-0.15, -0.1) is 0 Å². The van der Waals surface area contributed by atoms with E-state index < -0.39 is 0 Å². The van der Waals surface area contributed by atoms with Crippen molar-refractivity contribution < 1.29 is 14.3 Å². The molecular formula is C17H24O3. The third-order valence-corrected chi connectivity index (χ3v) is 3.27. The Bertz CT molecular complexity index is 412. The lowest BCUT2D eigenvalue weighted by molar-refractivity contribution is -0.134. The number of carbonyl (C=O) groups is 2. The number of unbranched alkanes of at least 4 members (excludes halogenated alkanes) is 6. The zero-order valence-electron chi connectivity index (χ0n) is 12.3. The Morgan fingerprint density at radius 1 is 1.05 bits per heavy atom. The lowest BCUT2D eigenvalue weighted by Gasteiger charge is -2.06. The molecule has 0 fully saturated rings. The minimum atomic E-state index is -0.153. The van der Waals surface area contributed by atoms with Gasteiger partial charge in [0.2, 0.25) is 0 Å². The van der Waals surface area contributed by atoms with E-state index in [0.717, 1.165) is 50.4 Å². The topological polar surface area (TPSA) is 43.4 Å². The van der Waals surface area contributed by atoms with Gasteiger partial charge in [0.15, 0.2) is 0 Å². The lowest BCUT2D eigenvalue weighted by Crippen LogP contribution is -2.08. The van der Waals surface area contributed by atoms with Crippen LogP contribution in [-0.2, 0) is 9.59 Å². The van der Waals surface area contributed by atoms with E-state index in [1.165, 1.54) is 0 Å². The van der Waals surface area contributed by atoms with Gasteiger partial charge in [-0.2, -0.15) is 0 Å². The molecule has 3 nitrogen and oxygen atoms in total. The summed E-state index contributed by atoms with van der Waals surface area (Å²) in [6.45, 7) is 1.93. The number of ether oxygens (including phenoxy) is 1. The number of benzene rings is 1. The first kappa shape index (κ1) is 16.4. The molecule has 0 amide bonds. The van der Waals surface area contributed by atoms with Crippen LogP contribution in [0.2, 0.25) is 0 Å². The molecule has 110 valence electrons. The number of hydrogen-bond donors (Lipinski definition) is 0. The predicted octanol–water partition coefficient (Wildman–Crippen LogP) is 4.22. The van der Waals surface area contributed by atoms with E-state index in [4.69, 9.17) is 4.74 Å².